The number of rotatable bonds is 2. The molecule has 0 saturated carbocycles. The molecule has 15 heavy (non-hydrogen) atoms. The molecule has 0 saturated heterocycles. The van der Waals surface area contributed by atoms with Crippen molar-refractivity contribution >= 4 is 28.6 Å². The third-order valence-corrected chi connectivity index (χ3v) is 2.35. The lowest BCUT2D eigenvalue weighted by atomic mass is 10.2. The Kier molecular flexibility index (Phi) is 2.60. The van der Waals surface area contributed by atoms with Crippen molar-refractivity contribution in [3.05, 3.63) is 29.6 Å². The Hall–Kier alpha value is -1.55. The van der Waals surface area contributed by atoms with Gasteiger partial charge >= 0.3 is 5.97 Å². The van der Waals surface area contributed by atoms with Crippen LogP contribution in [0.3, 0.4) is 0 Å². The lowest BCUT2D eigenvalue weighted by Crippen LogP contribution is -2.01. The molecule has 0 unspecified atom stereocenters. The number of esters is 1. The van der Waals surface area contributed by atoms with Gasteiger partial charge in [0.2, 0.25) is 0 Å². The maximum Gasteiger partial charge on any atom is 0.340 e. The Morgan fingerprint density at radius 3 is 3.07 bits per heavy atom. The average molecular weight is 225 g/mol. The quantitative estimate of drug-likeness (QED) is 0.628. The molecule has 0 atom stereocenters. The Morgan fingerprint density at radius 1 is 1.60 bits per heavy atom. The number of para-hydroxylation sites is 1. The van der Waals surface area contributed by atoms with Gasteiger partial charge in [-0.15, -0.1) is 11.6 Å². The number of aromatic nitrogens is 2. The zero-order valence-corrected chi connectivity index (χ0v) is 8.84. The van der Waals surface area contributed by atoms with Crippen molar-refractivity contribution in [3.63, 3.8) is 0 Å². The first-order valence-electron chi connectivity index (χ1n) is 4.38. The standard InChI is InChI=1S/C10H9ClN2O2/c1-15-10(14)6-3-2-4-7-9(6)13-8(5-11)12-7/h2-4H,5H2,1H3,(H,12,13). The van der Waals surface area contributed by atoms with Crippen molar-refractivity contribution in [2.24, 2.45) is 0 Å². The van der Waals surface area contributed by atoms with Crippen molar-refractivity contribution in [1.29, 1.82) is 0 Å². The second-order valence-electron chi connectivity index (χ2n) is 3.01. The first kappa shape index (κ1) is 9.98. The molecule has 78 valence electrons. The summed E-state index contributed by atoms with van der Waals surface area (Å²) >= 11 is 5.65. The molecule has 0 aliphatic carbocycles. The molecule has 4 nitrogen and oxygen atoms in total. The second-order valence-corrected chi connectivity index (χ2v) is 3.28. The van der Waals surface area contributed by atoms with E-state index in [9.17, 15) is 4.79 Å². The molecule has 1 aromatic carbocycles. The summed E-state index contributed by atoms with van der Waals surface area (Å²) < 4.78 is 4.67. The fourth-order valence-corrected chi connectivity index (χ4v) is 1.55. The van der Waals surface area contributed by atoms with Gasteiger partial charge in [0.25, 0.3) is 0 Å². The lowest BCUT2D eigenvalue weighted by Gasteiger charge is -1.99. The van der Waals surface area contributed by atoms with E-state index >= 15 is 0 Å². The number of imidazole rings is 1. The highest BCUT2D eigenvalue weighted by Crippen LogP contribution is 2.17. The van der Waals surface area contributed by atoms with Gasteiger partial charge in [-0.1, -0.05) is 6.07 Å². The fraction of sp³-hybridized carbons (Fsp3) is 0.200. The predicted octanol–water partition coefficient (Wildman–Crippen LogP) is 2.09. The summed E-state index contributed by atoms with van der Waals surface area (Å²) in [5, 5.41) is 0. The van der Waals surface area contributed by atoms with E-state index in [1.165, 1.54) is 7.11 Å². The van der Waals surface area contributed by atoms with Gasteiger partial charge in [0, 0.05) is 0 Å². The minimum Gasteiger partial charge on any atom is -0.465 e. The van der Waals surface area contributed by atoms with Gasteiger partial charge in [-0.25, -0.2) is 9.78 Å². The number of H-pyrrole nitrogens is 1. The van der Waals surface area contributed by atoms with Crippen LogP contribution in [0.15, 0.2) is 18.2 Å². The molecule has 1 N–H and O–H groups in total. The molecule has 0 bridgehead atoms. The van der Waals surface area contributed by atoms with Crippen molar-refractivity contribution in [2.75, 3.05) is 7.11 Å². The van der Waals surface area contributed by atoms with Gasteiger partial charge in [-0.2, -0.15) is 0 Å². The van der Waals surface area contributed by atoms with Crippen LogP contribution in [0.4, 0.5) is 0 Å². The molecule has 0 aliphatic heterocycles. The first-order chi connectivity index (χ1) is 7.26. The molecule has 0 aliphatic rings. The van der Waals surface area contributed by atoms with Gasteiger partial charge in [0.15, 0.2) is 0 Å². The number of ether oxygens (including phenoxy) is 1. The van der Waals surface area contributed by atoms with E-state index in [1.807, 2.05) is 6.07 Å². The Bertz CT molecular complexity index is 507. The molecule has 0 radical (unpaired) electrons. The van der Waals surface area contributed by atoms with E-state index < -0.39 is 0 Å². The average Bonchev–Trinajstić information content (AvgIpc) is 2.70. The van der Waals surface area contributed by atoms with Crippen LogP contribution >= 0.6 is 11.6 Å². The molecule has 0 fully saturated rings. The Morgan fingerprint density at radius 2 is 2.40 bits per heavy atom. The van der Waals surface area contributed by atoms with Gasteiger partial charge < -0.3 is 9.72 Å². The number of nitrogens with one attached hydrogen (secondary N) is 1. The minimum absolute atomic E-state index is 0.287. The van der Waals surface area contributed by atoms with E-state index in [4.69, 9.17) is 11.6 Å². The number of fused-ring (bicyclic) bond motifs is 1. The van der Waals surface area contributed by atoms with E-state index in [0.717, 1.165) is 0 Å². The topological polar surface area (TPSA) is 55.0 Å². The molecule has 2 rings (SSSR count). The molecule has 0 amide bonds. The molecule has 1 aromatic heterocycles. The largest absolute Gasteiger partial charge is 0.465 e. The zero-order chi connectivity index (χ0) is 10.8. The van der Waals surface area contributed by atoms with Gasteiger partial charge in [-0.05, 0) is 12.1 Å². The third kappa shape index (κ3) is 1.68. The SMILES string of the molecule is COC(=O)c1cccc2nc(CCl)[nH]c12. The maximum absolute atomic E-state index is 11.4. The number of benzene rings is 1. The molecule has 5 heteroatoms. The number of methoxy groups -OCH3 is 1. The number of hydrogen-bond donors (Lipinski definition) is 1. The number of alkyl halides is 1. The van der Waals surface area contributed by atoms with Crippen LogP contribution in [-0.2, 0) is 10.6 Å². The fourth-order valence-electron chi connectivity index (χ4n) is 1.43. The van der Waals surface area contributed by atoms with Crippen LogP contribution in [0.5, 0.6) is 0 Å². The number of hydrogen-bond acceptors (Lipinski definition) is 3. The number of nitrogens with zero attached hydrogens (tertiary/aromatic N) is 1. The van der Waals surface area contributed by atoms with Crippen LogP contribution in [-0.4, -0.2) is 23.0 Å². The van der Waals surface area contributed by atoms with E-state index in [1.54, 1.807) is 12.1 Å². The van der Waals surface area contributed by atoms with Crippen LogP contribution in [0.1, 0.15) is 16.2 Å². The normalized spacial score (nSPS) is 10.5. The van der Waals surface area contributed by atoms with Gasteiger partial charge in [-0.3, -0.25) is 0 Å². The number of aromatic amines is 1. The smallest absolute Gasteiger partial charge is 0.340 e. The van der Waals surface area contributed by atoms with Crippen LogP contribution in [0.25, 0.3) is 11.0 Å². The van der Waals surface area contributed by atoms with Crippen molar-refractivity contribution in [3.8, 4) is 0 Å². The Labute approximate surface area is 91.2 Å². The Balaban J connectivity index is 2.64. The third-order valence-electron chi connectivity index (χ3n) is 2.10. The number of carbonyl (C=O) groups is 1. The van der Waals surface area contributed by atoms with E-state index in [2.05, 4.69) is 14.7 Å². The van der Waals surface area contributed by atoms with Gasteiger partial charge in [0.1, 0.15) is 5.82 Å². The second kappa shape index (κ2) is 3.90. The monoisotopic (exact) mass is 224 g/mol. The summed E-state index contributed by atoms with van der Waals surface area (Å²) in [4.78, 5) is 18.6. The summed E-state index contributed by atoms with van der Waals surface area (Å²) in [7, 11) is 1.35. The molecule has 2 aromatic rings. The molecular weight excluding hydrogens is 216 g/mol. The number of halogens is 1. The first-order valence-corrected chi connectivity index (χ1v) is 4.91. The summed E-state index contributed by atoms with van der Waals surface area (Å²) in [5.74, 6) is 0.545. The van der Waals surface area contributed by atoms with Crippen LogP contribution < -0.4 is 0 Å². The highest BCUT2D eigenvalue weighted by Gasteiger charge is 2.12. The highest BCUT2D eigenvalue weighted by atomic mass is 35.5. The zero-order valence-electron chi connectivity index (χ0n) is 8.08. The molecule has 1 heterocycles. The maximum atomic E-state index is 11.4. The van der Waals surface area contributed by atoms with Crippen LogP contribution in [0, 0.1) is 0 Å². The molecular formula is C10H9ClN2O2. The predicted molar refractivity (Wildman–Crippen MR) is 57.0 cm³/mol. The summed E-state index contributed by atoms with van der Waals surface area (Å²) in [6.45, 7) is 0. The van der Waals surface area contributed by atoms with Crippen molar-refractivity contribution < 1.29 is 9.53 Å². The summed E-state index contributed by atoms with van der Waals surface area (Å²) in [5.41, 5.74) is 1.85. The number of carbonyl (C=O) groups excluding carboxylic acids is 1. The van der Waals surface area contributed by atoms with Crippen molar-refractivity contribution in [1.82, 2.24) is 9.97 Å². The minimum atomic E-state index is -0.384. The lowest BCUT2D eigenvalue weighted by molar-refractivity contribution is 0.0603. The van der Waals surface area contributed by atoms with E-state index in [-0.39, 0.29) is 11.8 Å². The summed E-state index contributed by atoms with van der Waals surface area (Å²) in [6, 6.07) is 5.26. The summed E-state index contributed by atoms with van der Waals surface area (Å²) in [6.07, 6.45) is 0. The van der Waals surface area contributed by atoms with Crippen molar-refractivity contribution in [2.45, 2.75) is 5.88 Å². The van der Waals surface area contributed by atoms with Gasteiger partial charge in [0.05, 0.1) is 29.6 Å². The highest BCUT2D eigenvalue weighted by molar-refractivity contribution is 6.17. The molecule has 0 spiro atoms. The van der Waals surface area contributed by atoms with E-state index in [0.29, 0.717) is 22.4 Å². The van der Waals surface area contributed by atoms with Crippen LogP contribution in [0.2, 0.25) is 0 Å².